The summed E-state index contributed by atoms with van der Waals surface area (Å²) in [5.74, 6) is 1.41. The van der Waals surface area contributed by atoms with Crippen LogP contribution in [0.25, 0.3) is 5.65 Å². The van der Waals surface area contributed by atoms with E-state index in [-0.39, 0.29) is 0 Å². The molecule has 2 heterocycles. The van der Waals surface area contributed by atoms with Gasteiger partial charge in [0.2, 0.25) is 0 Å². The molecule has 2 aromatic heterocycles. The summed E-state index contributed by atoms with van der Waals surface area (Å²) in [4.78, 5) is 4.55. The SMILES string of the molecule is COc1ccc(Cc2cn3cc(Cl)cc(N)c3n2)cc1OC. The minimum Gasteiger partial charge on any atom is -0.493 e. The normalized spacial score (nSPS) is 10.9. The summed E-state index contributed by atoms with van der Waals surface area (Å²) in [5, 5.41) is 0.583. The lowest BCUT2D eigenvalue weighted by molar-refractivity contribution is 0.354. The molecule has 2 N–H and O–H groups in total. The van der Waals surface area contributed by atoms with Crippen LogP contribution in [0.1, 0.15) is 11.3 Å². The van der Waals surface area contributed by atoms with Crippen LogP contribution in [-0.4, -0.2) is 23.6 Å². The molecule has 22 heavy (non-hydrogen) atoms. The number of rotatable bonds is 4. The van der Waals surface area contributed by atoms with Gasteiger partial charge in [0.15, 0.2) is 17.1 Å². The summed E-state index contributed by atoms with van der Waals surface area (Å²) in [6.45, 7) is 0. The largest absolute Gasteiger partial charge is 0.493 e. The van der Waals surface area contributed by atoms with Crippen molar-refractivity contribution in [1.29, 1.82) is 0 Å². The van der Waals surface area contributed by atoms with Crippen LogP contribution in [-0.2, 0) is 6.42 Å². The number of ether oxygens (including phenoxy) is 2. The zero-order valence-electron chi connectivity index (χ0n) is 12.3. The van der Waals surface area contributed by atoms with E-state index in [1.165, 1.54) is 0 Å². The molecule has 0 saturated carbocycles. The van der Waals surface area contributed by atoms with Crippen molar-refractivity contribution in [3.63, 3.8) is 0 Å². The number of aromatic nitrogens is 2. The zero-order valence-corrected chi connectivity index (χ0v) is 13.1. The highest BCUT2D eigenvalue weighted by atomic mass is 35.5. The molecule has 0 saturated heterocycles. The first-order valence-electron chi connectivity index (χ1n) is 6.74. The molecule has 0 aliphatic rings. The molecular formula is C16H16ClN3O2. The van der Waals surface area contributed by atoms with Gasteiger partial charge in [0, 0.05) is 18.8 Å². The number of halogens is 1. The first-order chi connectivity index (χ1) is 10.6. The zero-order chi connectivity index (χ0) is 15.7. The molecule has 0 radical (unpaired) electrons. The molecule has 0 bridgehead atoms. The molecule has 0 aliphatic heterocycles. The molecule has 5 nitrogen and oxygen atoms in total. The fourth-order valence-electron chi connectivity index (χ4n) is 2.42. The highest BCUT2D eigenvalue weighted by Gasteiger charge is 2.09. The molecular weight excluding hydrogens is 302 g/mol. The van der Waals surface area contributed by atoms with E-state index in [9.17, 15) is 0 Å². The van der Waals surface area contributed by atoms with Crippen LogP contribution in [0.3, 0.4) is 0 Å². The van der Waals surface area contributed by atoms with Gasteiger partial charge >= 0.3 is 0 Å². The third-order valence-electron chi connectivity index (χ3n) is 3.43. The van der Waals surface area contributed by atoms with E-state index < -0.39 is 0 Å². The van der Waals surface area contributed by atoms with Gasteiger partial charge in [0.25, 0.3) is 0 Å². The average molecular weight is 318 g/mol. The fourth-order valence-corrected chi connectivity index (χ4v) is 2.65. The number of fused-ring (bicyclic) bond motifs is 1. The molecule has 0 spiro atoms. The quantitative estimate of drug-likeness (QED) is 0.803. The number of imidazole rings is 1. The van der Waals surface area contributed by atoms with Crippen molar-refractivity contribution in [3.8, 4) is 11.5 Å². The number of hydrogen-bond donors (Lipinski definition) is 1. The molecule has 3 rings (SSSR count). The Balaban J connectivity index is 1.94. The topological polar surface area (TPSA) is 61.8 Å². The Morgan fingerprint density at radius 3 is 2.64 bits per heavy atom. The Bertz CT molecular complexity index is 830. The highest BCUT2D eigenvalue weighted by Crippen LogP contribution is 2.28. The fraction of sp³-hybridized carbons (Fsp3) is 0.188. The second-order valence-electron chi connectivity index (χ2n) is 4.94. The second kappa shape index (κ2) is 5.77. The molecule has 114 valence electrons. The van der Waals surface area contributed by atoms with Crippen LogP contribution in [0, 0.1) is 0 Å². The molecule has 1 aromatic carbocycles. The summed E-state index contributed by atoms with van der Waals surface area (Å²) in [5.41, 5.74) is 9.19. The lowest BCUT2D eigenvalue weighted by atomic mass is 10.1. The van der Waals surface area contributed by atoms with E-state index in [0.717, 1.165) is 11.3 Å². The van der Waals surface area contributed by atoms with Crippen LogP contribution >= 0.6 is 11.6 Å². The van der Waals surface area contributed by atoms with Gasteiger partial charge in [-0.05, 0) is 23.8 Å². The number of pyridine rings is 1. The first-order valence-corrected chi connectivity index (χ1v) is 7.12. The van der Waals surface area contributed by atoms with Crippen LogP contribution in [0.5, 0.6) is 11.5 Å². The summed E-state index contributed by atoms with van der Waals surface area (Å²) in [7, 11) is 3.24. The Hall–Kier alpha value is -2.40. The van der Waals surface area contributed by atoms with Crippen LogP contribution in [0.15, 0.2) is 36.7 Å². The molecule has 0 atom stereocenters. The predicted octanol–water partition coefficient (Wildman–Crippen LogP) is 3.18. The van der Waals surface area contributed by atoms with Crippen molar-refractivity contribution in [2.24, 2.45) is 0 Å². The number of nitrogen functional groups attached to an aromatic ring is 1. The van der Waals surface area contributed by atoms with E-state index >= 15 is 0 Å². The summed E-state index contributed by atoms with van der Waals surface area (Å²) in [6.07, 6.45) is 4.38. The van der Waals surface area contributed by atoms with Gasteiger partial charge in [0.1, 0.15) is 0 Å². The van der Waals surface area contributed by atoms with Gasteiger partial charge < -0.3 is 19.6 Å². The van der Waals surface area contributed by atoms with Crippen molar-refractivity contribution in [2.75, 3.05) is 20.0 Å². The maximum atomic E-state index is 6.01. The number of anilines is 1. The molecule has 3 aromatic rings. The van der Waals surface area contributed by atoms with Crippen molar-refractivity contribution in [1.82, 2.24) is 9.38 Å². The maximum Gasteiger partial charge on any atom is 0.160 e. The Morgan fingerprint density at radius 1 is 1.14 bits per heavy atom. The number of nitrogens with zero attached hydrogens (tertiary/aromatic N) is 2. The summed E-state index contributed by atoms with van der Waals surface area (Å²) >= 11 is 6.01. The molecule has 6 heteroatoms. The molecule has 0 fully saturated rings. The third-order valence-corrected chi connectivity index (χ3v) is 3.64. The van der Waals surface area contributed by atoms with E-state index in [0.29, 0.717) is 34.3 Å². The molecule has 0 amide bonds. The number of hydrogen-bond acceptors (Lipinski definition) is 4. The van der Waals surface area contributed by atoms with Gasteiger partial charge in [-0.15, -0.1) is 0 Å². The van der Waals surface area contributed by atoms with Crippen LogP contribution in [0.2, 0.25) is 5.02 Å². The van der Waals surface area contributed by atoms with E-state index in [1.54, 1.807) is 26.5 Å². The molecule has 0 aliphatic carbocycles. The summed E-state index contributed by atoms with van der Waals surface area (Å²) in [6, 6.07) is 7.51. The van der Waals surface area contributed by atoms with Gasteiger partial charge in [0.05, 0.1) is 30.6 Å². The van der Waals surface area contributed by atoms with Crippen LogP contribution in [0.4, 0.5) is 5.69 Å². The molecule has 0 unspecified atom stereocenters. The Kier molecular flexibility index (Phi) is 3.81. The van der Waals surface area contributed by atoms with E-state index in [2.05, 4.69) is 4.98 Å². The third kappa shape index (κ3) is 2.67. The Labute approximate surface area is 133 Å². The lowest BCUT2D eigenvalue weighted by Crippen LogP contribution is -1.94. The number of nitrogens with two attached hydrogens (primary N) is 1. The van der Waals surface area contributed by atoms with Crippen molar-refractivity contribution < 1.29 is 9.47 Å². The van der Waals surface area contributed by atoms with E-state index in [4.69, 9.17) is 26.8 Å². The Morgan fingerprint density at radius 2 is 1.91 bits per heavy atom. The minimum absolute atomic E-state index is 0.561. The van der Waals surface area contributed by atoms with Crippen LogP contribution < -0.4 is 15.2 Å². The van der Waals surface area contributed by atoms with Gasteiger partial charge in [-0.2, -0.15) is 0 Å². The van der Waals surface area contributed by atoms with Crippen molar-refractivity contribution in [3.05, 3.63) is 52.9 Å². The first kappa shape index (κ1) is 14.5. The van der Waals surface area contributed by atoms with Gasteiger partial charge in [-0.1, -0.05) is 17.7 Å². The highest BCUT2D eigenvalue weighted by molar-refractivity contribution is 6.30. The lowest BCUT2D eigenvalue weighted by Gasteiger charge is -2.08. The van der Waals surface area contributed by atoms with Gasteiger partial charge in [-0.25, -0.2) is 4.98 Å². The standard InChI is InChI=1S/C16H16ClN3O2/c1-21-14-4-3-10(6-15(14)22-2)5-12-9-20-8-11(17)7-13(18)16(20)19-12/h3-4,6-9H,5,18H2,1-2H3. The minimum atomic E-state index is 0.561. The number of benzene rings is 1. The average Bonchev–Trinajstić information content (AvgIpc) is 2.89. The van der Waals surface area contributed by atoms with Gasteiger partial charge in [-0.3, -0.25) is 0 Å². The van der Waals surface area contributed by atoms with E-state index in [1.807, 2.05) is 28.8 Å². The monoisotopic (exact) mass is 317 g/mol. The maximum absolute atomic E-state index is 6.01. The van der Waals surface area contributed by atoms with Crippen molar-refractivity contribution in [2.45, 2.75) is 6.42 Å². The second-order valence-corrected chi connectivity index (χ2v) is 5.38. The smallest absolute Gasteiger partial charge is 0.160 e. The summed E-state index contributed by atoms with van der Waals surface area (Å²) < 4.78 is 12.4. The van der Waals surface area contributed by atoms with Crippen molar-refractivity contribution >= 4 is 22.9 Å². The number of methoxy groups -OCH3 is 2. The predicted molar refractivity (Wildman–Crippen MR) is 87.0 cm³/mol.